The second kappa shape index (κ2) is 9.22. The van der Waals surface area contributed by atoms with Crippen molar-refractivity contribution in [3.63, 3.8) is 0 Å². The topological polar surface area (TPSA) is 47.6 Å². The van der Waals surface area contributed by atoms with Crippen LogP contribution in [0.5, 0.6) is 0 Å². The summed E-state index contributed by atoms with van der Waals surface area (Å²) >= 11 is 3.41. The predicted octanol–water partition coefficient (Wildman–Crippen LogP) is 5.81. The molecule has 0 aliphatic carbocycles. The van der Waals surface area contributed by atoms with Gasteiger partial charge in [-0.05, 0) is 55.8 Å². The molecule has 0 bridgehead atoms. The summed E-state index contributed by atoms with van der Waals surface area (Å²) in [6.45, 7) is 4.17. The predicted molar refractivity (Wildman–Crippen MR) is 106 cm³/mol. The van der Waals surface area contributed by atoms with Crippen molar-refractivity contribution in [3.8, 4) is 12.3 Å². The molecule has 0 unspecified atom stereocenters. The Balaban J connectivity index is 2.43. The number of halogens is 1. The highest BCUT2D eigenvalue weighted by Gasteiger charge is 2.37. The molecule has 25 heavy (non-hydrogen) atoms. The van der Waals surface area contributed by atoms with E-state index in [0.29, 0.717) is 0 Å². The second-order valence-electron chi connectivity index (χ2n) is 5.20. The van der Waals surface area contributed by atoms with E-state index in [0.717, 1.165) is 21.3 Å². The summed E-state index contributed by atoms with van der Waals surface area (Å²) in [5.41, 5.74) is 2.36. The molecule has 0 aromatic heterocycles. The van der Waals surface area contributed by atoms with Crippen molar-refractivity contribution >= 4 is 29.2 Å². The van der Waals surface area contributed by atoms with Gasteiger partial charge in [0.15, 0.2) is 5.78 Å². The van der Waals surface area contributed by atoms with Crippen LogP contribution in [0.3, 0.4) is 0 Å². The van der Waals surface area contributed by atoms with E-state index >= 15 is 0 Å². The molecule has 2 rings (SSSR count). The van der Waals surface area contributed by atoms with Crippen LogP contribution in [-0.2, 0) is 13.6 Å². The molecule has 0 spiro atoms. The van der Waals surface area contributed by atoms with Crippen molar-refractivity contribution in [2.24, 2.45) is 0 Å². The molecule has 0 aliphatic rings. The first-order valence-corrected chi connectivity index (χ1v) is 10.4. The van der Waals surface area contributed by atoms with Crippen LogP contribution in [0.4, 0.5) is 5.69 Å². The molecule has 1 atom stereocenters. The van der Waals surface area contributed by atoms with Crippen LogP contribution in [0.2, 0.25) is 0 Å². The van der Waals surface area contributed by atoms with Gasteiger partial charge in [0.2, 0.25) is 0 Å². The maximum absolute atomic E-state index is 13.4. The number of nitrogens with one attached hydrogen (secondary N) is 1. The average molecular weight is 422 g/mol. The fourth-order valence-corrected chi connectivity index (χ4v) is 4.56. The zero-order valence-electron chi connectivity index (χ0n) is 14.2. The van der Waals surface area contributed by atoms with Crippen LogP contribution in [0.25, 0.3) is 0 Å². The van der Waals surface area contributed by atoms with Crippen LogP contribution in [0.1, 0.15) is 30.8 Å². The summed E-state index contributed by atoms with van der Waals surface area (Å²) in [5, 5.41) is 3.28. The van der Waals surface area contributed by atoms with E-state index in [4.69, 9.17) is 15.5 Å². The smallest absolute Gasteiger partial charge is 0.357 e. The van der Waals surface area contributed by atoms with Crippen LogP contribution in [0, 0.1) is 12.3 Å². The van der Waals surface area contributed by atoms with Gasteiger partial charge in [0.25, 0.3) is 0 Å². The minimum Gasteiger partial charge on any atom is -0.368 e. The Morgan fingerprint density at radius 2 is 1.64 bits per heavy atom. The SMILES string of the molecule is C#Cc1ccc([C@@H](Nc2ccc(Br)cc2)P(=O)(OCC)OCC)cc1. The summed E-state index contributed by atoms with van der Waals surface area (Å²) < 4.78 is 25.5. The number of hydrogen-bond acceptors (Lipinski definition) is 4. The Morgan fingerprint density at radius 1 is 1.08 bits per heavy atom. The number of rotatable bonds is 8. The second-order valence-corrected chi connectivity index (χ2v) is 8.22. The number of terminal acetylenes is 1. The van der Waals surface area contributed by atoms with Crippen LogP contribution < -0.4 is 5.32 Å². The summed E-state index contributed by atoms with van der Waals surface area (Å²) in [6.07, 6.45) is 5.42. The summed E-state index contributed by atoms with van der Waals surface area (Å²) in [5.74, 6) is 1.94. The van der Waals surface area contributed by atoms with Gasteiger partial charge < -0.3 is 14.4 Å². The Labute approximate surface area is 157 Å². The van der Waals surface area contributed by atoms with Crippen molar-refractivity contribution in [3.05, 3.63) is 64.1 Å². The van der Waals surface area contributed by atoms with E-state index in [1.54, 1.807) is 13.8 Å². The molecule has 2 aromatic rings. The third kappa shape index (κ3) is 5.20. The van der Waals surface area contributed by atoms with E-state index < -0.39 is 13.4 Å². The first-order valence-electron chi connectivity index (χ1n) is 8.00. The fourth-order valence-electron chi connectivity index (χ4n) is 2.36. The van der Waals surface area contributed by atoms with Crippen molar-refractivity contribution in [2.75, 3.05) is 18.5 Å². The van der Waals surface area contributed by atoms with E-state index in [-0.39, 0.29) is 13.2 Å². The van der Waals surface area contributed by atoms with E-state index in [1.165, 1.54) is 0 Å². The summed E-state index contributed by atoms with van der Waals surface area (Å²) in [6, 6.07) is 14.9. The molecule has 6 heteroatoms. The van der Waals surface area contributed by atoms with Gasteiger partial charge in [-0.25, -0.2) is 0 Å². The molecule has 0 amide bonds. The molecule has 4 nitrogen and oxygen atoms in total. The number of hydrogen-bond donors (Lipinski definition) is 1. The molecular weight excluding hydrogens is 401 g/mol. The summed E-state index contributed by atoms with van der Waals surface area (Å²) in [4.78, 5) is 0. The number of anilines is 1. The molecular formula is C19H21BrNO3P. The average Bonchev–Trinajstić information content (AvgIpc) is 2.62. The Kier molecular flexibility index (Phi) is 7.28. The van der Waals surface area contributed by atoms with Gasteiger partial charge in [-0.2, -0.15) is 0 Å². The Morgan fingerprint density at radius 3 is 2.12 bits per heavy atom. The normalized spacial score (nSPS) is 12.4. The van der Waals surface area contributed by atoms with Gasteiger partial charge in [-0.1, -0.05) is 34.0 Å². The maximum atomic E-state index is 13.4. The Bertz CT molecular complexity index is 759. The molecule has 0 saturated heterocycles. The Hall–Kier alpha value is -1.57. The zero-order chi connectivity index (χ0) is 18.3. The van der Waals surface area contributed by atoms with Gasteiger partial charge in [-0.15, -0.1) is 6.42 Å². The van der Waals surface area contributed by atoms with Crippen molar-refractivity contribution in [1.82, 2.24) is 0 Å². The van der Waals surface area contributed by atoms with Gasteiger partial charge in [0.1, 0.15) is 0 Å². The summed E-state index contributed by atoms with van der Waals surface area (Å²) in [7, 11) is -3.43. The fraction of sp³-hybridized carbons (Fsp3) is 0.263. The molecule has 0 radical (unpaired) electrons. The van der Waals surface area contributed by atoms with E-state index in [2.05, 4.69) is 27.2 Å². The van der Waals surface area contributed by atoms with Gasteiger partial charge in [-0.3, -0.25) is 4.57 Å². The maximum Gasteiger partial charge on any atom is 0.357 e. The standard InChI is InChI=1S/C19H21BrNO3P/c1-4-15-7-9-16(10-8-15)19(25(22,23-5-2)24-6-3)21-18-13-11-17(20)12-14-18/h1,7-14,19,21H,5-6H2,2-3H3/t19-/m0/s1. The third-order valence-corrected chi connectivity index (χ3v) is 6.30. The highest BCUT2D eigenvalue weighted by atomic mass is 79.9. The van der Waals surface area contributed by atoms with Crippen molar-refractivity contribution in [1.29, 1.82) is 0 Å². The molecule has 0 aliphatic heterocycles. The first-order chi connectivity index (χ1) is 12.0. The van der Waals surface area contributed by atoms with Gasteiger partial charge in [0, 0.05) is 15.7 Å². The van der Waals surface area contributed by atoms with Gasteiger partial charge in [0.05, 0.1) is 13.2 Å². The molecule has 1 N–H and O–H groups in total. The lowest BCUT2D eigenvalue weighted by Gasteiger charge is -2.28. The highest BCUT2D eigenvalue weighted by molar-refractivity contribution is 9.10. The quantitative estimate of drug-likeness (QED) is 0.431. The monoisotopic (exact) mass is 421 g/mol. The third-order valence-electron chi connectivity index (χ3n) is 3.48. The van der Waals surface area contributed by atoms with Gasteiger partial charge >= 0.3 is 7.60 Å². The van der Waals surface area contributed by atoms with Crippen molar-refractivity contribution in [2.45, 2.75) is 19.6 Å². The van der Waals surface area contributed by atoms with Crippen LogP contribution >= 0.6 is 23.5 Å². The number of benzene rings is 2. The lowest BCUT2D eigenvalue weighted by Crippen LogP contribution is -2.15. The van der Waals surface area contributed by atoms with Crippen molar-refractivity contribution < 1.29 is 13.6 Å². The largest absolute Gasteiger partial charge is 0.368 e. The molecule has 2 aromatic carbocycles. The van der Waals surface area contributed by atoms with Crippen LogP contribution in [0.15, 0.2) is 53.0 Å². The minimum absolute atomic E-state index is 0.290. The van der Waals surface area contributed by atoms with Crippen LogP contribution in [-0.4, -0.2) is 13.2 Å². The van der Waals surface area contributed by atoms with E-state index in [1.807, 2.05) is 48.5 Å². The zero-order valence-corrected chi connectivity index (χ0v) is 16.7. The first kappa shape index (κ1) is 19.8. The molecule has 132 valence electrons. The molecule has 0 saturated carbocycles. The highest BCUT2D eigenvalue weighted by Crippen LogP contribution is 2.60. The molecule has 0 heterocycles. The lowest BCUT2D eigenvalue weighted by molar-refractivity contribution is 0.214. The minimum atomic E-state index is -3.43. The lowest BCUT2D eigenvalue weighted by atomic mass is 10.1. The van der Waals surface area contributed by atoms with E-state index in [9.17, 15) is 4.57 Å². The molecule has 0 fully saturated rings.